The lowest BCUT2D eigenvalue weighted by Crippen LogP contribution is -2.44. The second-order valence-electron chi connectivity index (χ2n) is 4.93. The quantitative estimate of drug-likeness (QED) is 0.488. The molecular formula is C13H27NO2. The van der Waals surface area contributed by atoms with Gasteiger partial charge in [0.2, 0.25) is 0 Å². The van der Waals surface area contributed by atoms with Crippen molar-refractivity contribution in [3.8, 4) is 0 Å². The molecule has 0 amide bonds. The normalized spacial score (nSPS) is 11.5. The summed E-state index contributed by atoms with van der Waals surface area (Å²) in [6.45, 7) is 9.81. The van der Waals surface area contributed by atoms with Crippen molar-refractivity contribution in [3.63, 3.8) is 0 Å². The zero-order valence-electron chi connectivity index (χ0n) is 11.3. The highest BCUT2D eigenvalue weighted by molar-refractivity contribution is 5.69. The van der Waals surface area contributed by atoms with Crippen molar-refractivity contribution >= 4 is 5.97 Å². The minimum absolute atomic E-state index is 0.0767. The van der Waals surface area contributed by atoms with Crippen molar-refractivity contribution in [1.29, 1.82) is 0 Å². The molecule has 0 radical (unpaired) electrons. The van der Waals surface area contributed by atoms with Gasteiger partial charge in [0.25, 0.3) is 0 Å². The standard InChI is InChI=1S/C13H27NO2/c1-5-7-9-12(15)16-11-13(3,4)14-10-8-6-2/h14H,5-11H2,1-4H3. The molecule has 0 bridgehead atoms. The van der Waals surface area contributed by atoms with E-state index in [0.717, 1.165) is 25.8 Å². The summed E-state index contributed by atoms with van der Waals surface area (Å²) in [7, 11) is 0. The molecule has 0 unspecified atom stereocenters. The second-order valence-corrected chi connectivity index (χ2v) is 4.93. The van der Waals surface area contributed by atoms with Crippen LogP contribution in [0.25, 0.3) is 0 Å². The van der Waals surface area contributed by atoms with Gasteiger partial charge in [-0.05, 0) is 33.2 Å². The summed E-state index contributed by atoms with van der Waals surface area (Å²) in [5.74, 6) is -0.0767. The van der Waals surface area contributed by atoms with E-state index in [0.29, 0.717) is 13.0 Å². The number of unbranched alkanes of at least 4 members (excludes halogenated alkanes) is 2. The number of ether oxygens (including phenoxy) is 1. The Balaban J connectivity index is 3.67. The van der Waals surface area contributed by atoms with Crippen LogP contribution in [0.4, 0.5) is 0 Å². The Bertz CT molecular complexity index is 190. The molecule has 0 aromatic carbocycles. The summed E-state index contributed by atoms with van der Waals surface area (Å²) in [6, 6.07) is 0. The summed E-state index contributed by atoms with van der Waals surface area (Å²) in [6.07, 6.45) is 4.84. The Morgan fingerprint density at radius 3 is 2.38 bits per heavy atom. The Kier molecular flexibility index (Phi) is 8.26. The maximum absolute atomic E-state index is 11.3. The molecule has 0 fully saturated rings. The van der Waals surface area contributed by atoms with Crippen LogP contribution < -0.4 is 5.32 Å². The fourth-order valence-electron chi connectivity index (χ4n) is 1.31. The van der Waals surface area contributed by atoms with E-state index < -0.39 is 0 Å². The maximum atomic E-state index is 11.3. The molecule has 0 saturated heterocycles. The average molecular weight is 229 g/mol. The fourth-order valence-corrected chi connectivity index (χ4v) is 1.31. The summed E-state index contributed by atoms with van der Waals surface area (Å²) >= 11 is 0. The Morgan fingerprint density at radius 1 is 1.19 bits per heavy atom. The molecule has 96 valence electrons. The lowest BCUT2D eigenvalue weighted by molar-refractivity contribution is -0.145. The van der Waals surface area contributed by atoms with E-state index in [1.54, 1.807) is 0 Å². The largest absolute Gasteiger partial charge is 0.464 e. The first-order chi connectivity index (χ1) is 7.52. The molecule has 0 rings (SSSR count). The van der Waals surface area contributed by atoms with Crippen LogP contribution in [0.1, 0.15) is 59.8 Å². The van der Waals surface area contributed by atoms with Crippen molar-refractivity contribution in [1.82, 2.24) is 5.32 Å². The lowest BCUT2D eigenvalue weighted by Gasteiger charge is -2.25. The molecule has 0 aromatic heterocycles. The second kappa shape index (κ2) is 8.57. The van der Waals surface area contributed by atoms with E-state index in [-0.39, 0.29) is 11.5 Å². The van der Waals surface area contributed by atoms with Crippen LogP contribution in [0, 0.1) is 0 Å². The predicted molar refractivity (Wildman–Crippen MR) is 67.5 cm³/mol. The maximum Gasteiger partial charge on any atom is 0.305 e. The molecular weight excluding hydrogens is 202 g/mol. The van der Waals surface area contributed by atoms with E-state index in [2.05, 4.69) is 33.0 Å². The van der Waals surface area contributed by atoms with Crippen LogP contribution in [0.2, 0.25) is 0 Å². The van der Waals surface area contributed by atoms with Gasteiger partial charge >= 0.3 is 5.97 Å². The first kappa shape index (κ1) is 15.4. The number of hydrogen-bond acceptors (Lipinski definition) is 3. The third kappa shape index (κ3) is 8.72. The Hall–Kier alpha value is -0.570. The van der Waals surface area contributed by atoms with E-state index >= 15 is 0 Å². The minimum Gasteiger partial charge on any atom is -0.464 e. The molecule has 0 aliphatic carbocycles. The van der Waals surface area contributed by atoms with E-state index in [1.165, 1.54) is 6.42 Å². The molecule has 1 N–H and O–H groups in total. The number of esters is 1. The summed E-state index contributed by atoms with van der Waals surface area (Å²) in [4.78, 5) is 11.3. The third-order valence-electron chi connectivity index (χ3n) is 2.46. The predicted octanol–water partition coefficient (Wildman–Crippen LogP) is 2.89. The van der Waals surface area contributed by atoms with Crippen molar-refractivity contribution in [2.24, 2.45) is 0 Å². The molecule has 16 heavy (non-hydrogen) atoms. The van der Waals surface area contributed by atoms with Crippen LogP contribution in [0.3, 0.4) is 0 Å². The van der Waals surface area contributed by atoms with Gasteiger partial charge in [0.05, 0.1) is 0 Å². The van der Waals surface area contributed by atoms with Gasteiger partial charge in [-0.3, -0.25) is 4.79 Å². The number of rotatable bonds is 9. The van der Waals surface area contributed by atoms with Crippen molar-refractivity contribution in [3.05, 3.63) is 0 Å². The number of carbonyl (C=O) groups is 1. The van der Waals surface area contributed by atoms with Gasteiger partial charge in [0, 0.05) is 12.0 Å². The monoisotopic (exact) mass is 229 g/mol. The Labute approximate surface area is 99.9 Å². The first-order valence-electron chi connectivity index (χ1n) is 6.42. The van der Waals surface area contributed by atoms with Crippen LogP contribution in [0.15, 0.2) is 0 Å². The summed E-state index contributed by atoms with van der Waals surface area (Å²) in [5.41, 5.74) is -0.114. The van der Waals surface area contributed by atoms with Crippen LogP contribution >= 0.6 is 0 Å². The number of nitrogens with one attached hydrogen (secondary N) is 1. The van der Waals surface area contributed by atoms with Gasteiger partial charge in [-0.15, -0.1) is 0 Å². The van der Waals surface area contributed by atoms with Crippen LogP contribution in [-0.2, 0) is 9.53 Å². The van der Waals surface area contributed by atoms with Gasteiger partial charge in [0.1, 0.15) is 6.61 Å². The van der Waals surface area contributed by atoms with Gasteiger partial charge < -0.3 is 10.1 Å². The topological polar surface area (TPSA) is 38.3 Å². The van der Waals surface area contributed by atoms with Crippen molar-refractivity contribution in [2.75, 3.05) is 13.2 Å². The van der Waals surface area contributed by atoms with Gasteiger partial charge in [0.15, 0.2) is 0 Å². The molecule has 0 aromatic rings. The molecule has 0 saturated carbocycles. The van der Waals surface area contributed by atoms with E-state index in [4.69, 9.17) is 4.74 Å². The average Bonchev–Trinajstić information content (AvgIpc) is 2.24. The van der Waals surface area contributed by atoms with Crippen molar-refractivity contribution < 1.29 is 9.53 Å². The number of hydrogen-bond donors (Lipinski definition) is 1. The van der Waals surface area contributed by atoms with Crippen LogP contribution in [0.5, 0.6) is 0 Å². The SMILES string of the molecule is CCCCNC(C)(C)COC(=O)CCCC. The molecule has 3 nitrogen and oxygen atoms in total. The van der Waals surface area contributed by atoms with Gasteiger partial charge in [-0.25, -0.2) is 0 Å². The third-order valence-corrected chi connectivity index (χ3v) is 2.46. The molecule has 0 atom stereocenters. The van der Waals surface area contributed by atoms with Gasteiger partial charge in [-0.2, -0.15) is 0 Å². The molecule has 0 spiro atoms. The van der Waals surface area contributed by atoms with Gasteiger partial charge in [-0.1, -0.05) is 26.7 Å². The highest BCUT2D eigenvalue weighted by Gasteiger charge is 2.18. The Morgan fingerprint density at radius 2 is 1.81 bits per heavy atom. The zero-order valence-corrected chi connectivity index (χ0v) is 11.3. The molecule has 3 heteroatoms. The minimum atomic E-state index is -0.114. The molecule has 0 aliphatic rings. The van der Waals surface area contributed by atoms with E-state index in [1.807, 2.05) is 0 Å². The highest BCUT2D eigenvalue weighted by atomic mass is 16.5. The summed E-state index contributed by atoms with van der Waals surface area (Å²) in [5, 5.41) is 3.39. The molecule has 0 aliphatic heterocycles. The number of carbonyl (C=O) groups excluding carboxylic acids is 1. The fraction of sp³-hybridized carbons (Fsp3) is 0.923. The highest BCUT2D eigenvalue weighted by Crippen LogP contribution is 2.05. The van der Waals surface area contributed by atoms with E-state index in [9.17, 15) is 4.79 Å². The smallest absolute Gasteiger partial charge is 0.305 e. The first-order valence-corrected chi connectivity index (χ1v) is 6.42. The van der Waals surface area contributed by atoms with Crippen molar-refractivity contribution in [2.45, 2.75) is 65.3 Å². The zero-order chi connectivity index (χ0) is 12.4. The summed E-state index contributed by atoms with van der Waals surface area (Å²) < 4.78 is 5.24. The van der Waals surface area contributed by atoms with Crippen LogP contribution in [-0.4, -0.2) is 24.7 Å². The molecule has 0 heterocycles. The lowest BCUT2D eigenvalue weighted by atomic mass is 10.1.